The average molecular weight is 324 g/mol. The molecular formula is C13H10BrNO4. The van der Waals surface area contributed by atoms with E-state index in [1.165, 1.54) is 19.2 Å². The van der Waals surface area contributed by atoms with Crippen molar-refractivity contribution in [1.82, 2.24) is 4.98 Å². The lowest BCUT2D eigenvalue weighted by atomic mass is 10.2. The monoisotopic (exact) mass is 323 g/mol. The number of halogens is 1. The minimum absolute atomic E-state index is 0.132. The molecule has 19 heavy (non-hydrogen) atoms. The molecule has 0 atom stereocenters. The van der Waals surface area contributed by atoms with Gasteiger partial charge in [-0.3, -0.25) is 0 Å². The number of aromatic carboxylic acids is 1. The first kappa shape index (κ1) is 13.4. The predicted molar refractivity (Wildman–Crippen MR) is 72.0 cm³/mol. The Labute approximate surface area is 117 Å². The molecule has 0 fully saturated rings. The van der Waals surface area contributed by atoms with E-state index in [1.807, 2.05) is 0 Å². The zero-order valence-corrected chi connectivity index (χ0v) is 11.5. The second kappa shape index (κ2) is 5.71. The van der Waals surface area contributed by atoms with Crippen molar-refractivity contribution in [2.75, 3.05) is 7.11 Å². The Morgan fingerprint density at radius 1 is 1.32 bits per heavy atom. The summed E-state index contributed by atoms with van der Waals surface area (Å²) in [5.41, 5.74) is 0.132. The SMILES string of the molecule is COc1cccnc1Oc1cc(C(=O)O)ccc1Br. The van der Waals surface area contributed by atoms with Gasteiger partial charge in [-0.05, 0) is 46.3 Å². The van der Waals surface area contributed by atoms with E-state index in [0.29, 0.717) is 16.0 Å². The Morgan fingerprint density at radius 3 is 2.79 bits per heavy atom. The van der Waals surface area contributed by atoms with E-state index in [0.717, 1.165) is 0 Å². The third kappa shape index (κ3) is 3.03. The molecule has 6 heteroatoms. The number of pyridine rings is 1. The topological polar surface area (TPSA) is 68.7 Å². The number of carbonyl (C=O) groups is 1. The summed E-state index contributed by atoms with van der Waals surface area (Å²) in [6.07, 6.45) is 1.56. The Kier molecular flexibility index (Phi) is 4.01. The molecule has 0 aliphatic carbocycles. The summed E-state index contributed by atoms with van der Waals surface area (Å²) in [7, 11) is 1.51. The highest BCUT2D eigenvalue weighted by Gasteiger charge is 2.12. The molecule has 1 heterocycles. The van der Waals surface area contributed by atoms with E-state index >= 15 is 0 Å². The fraction of sp³-hybridized carbons (Fsp3) is 0.0769. The van der Waals surface area contributed by atoms with Gasteiger partial charge in [-0.25, -0.2) is 9.78 Å². The zero-order chi connectivity index (χ0) is 13.8. The van der Waals surface area contributed by atoms with Crippen LogP contribution in [0.5, 0.6) is 17.4 Å². The molecule has 0 saturated heterocycles. The number of hydrogen-bond acceptors (Lipinski definition) is 4. The van der Waals surface area contributed by atoms with Crippen molar-refractivity contribution in [3.8, 4) is 17.4 Å². The molecule has 0 unspecified atom stereocenters. The van der Waals surface area contributed by atoms with Crippen LogP contribution in [-0.4, -0.2) is 23.2 Å². The second-order valence-electron chi connectivity index (χ2n) is 3.56. The highest BCUT2D eigenvalue weighted by atomic mass is 79.9. The summed E-state index contributed by atoms with van der Waals surface area (Å²) in [6, 6.07) is 7.93. The van der Waals surface area contributed by atoms with Crippen molar-refractivity contribution >= 4 is 21.9 Å². The van der Waals surface area contributed by atoms with Crippen LogP contribution in [0.1, 0.15) is 10.4 Å². The number of benzene rings is 1. The largest absolute Gasteiger partial charge is 0.491 e. The molecule has 0 spiro atoms. The first-order valence-corrected chi connectivity index (χ1v) is 6.11. The third-order valence-electron chi connectivity index (χ3n) is 2.34. The fourth-order valence-corrected chi connectivity index (χ4v) is 1.75. The van der Waals surface area contributed by atoms with E-state index in [2.05, 4.69) is 20.9 Å². The van der Waals surface area contributed by atoms with Gasteiger partial charge in [0, 0.05) is 6.20 Å². The van der Waals surface area contributed by atoms with Crippen LogP contribution < -0.4 is 9.47 Å². The maximum atomic E-state index is 10.9. The van der Waals surface area contributed by atoms with Crippen LogP contribution in [0.2, 0.25) is 0 Å². The van der Waals surface area contributed by atoms with Crippen LogP contribution in [0.25, 0.3) is 0 Å². The van der Waals surface area contributed by atoms with Gasteiger partial charge in [-0.15, -0.1) is 0 Å². The third-order valence-corrected chi connectivity index (χ3v) is 3.00. The molecule has 2 aromatic rings. The molecule has 98 valence electrons. The van der Waals surface area contributed by atoms with Gasteiger partial charge in [-0.1, -0.05) is 0 Å². The zero-order valence-electron chi connectivity index (χ0n) is 9.96. The first-order chi connectivity index (χ1) is 9.11. The van der Waals surface area contributed by atoms with Crippen molar-refractivity contribution in [2.24, 2.45) is 0 Å². The number of nitrogens with zero attached hydrogens (tertiary/aromatic N) is 1. The molecule has 0 amide bonds. The summed E-state index contributed by atoms with van der Waals surface area (Å²) in [6.45, 7) is 0. The number of methoxy groups -OCH3 is 1. The smallest absolute Gasteiger partial charge is 0.335 e. The van der Waals surface area contributed by atoms with Gasteiger partial charge in [0.1, 0.15) is 5.75 Å². The van der Waals surface area contributed by atoms with E-state index in [1.54, 1.807) is 24.4 Å². The summed E-state index contributed by atoms with van der Waals surface area (Å²) < 4.78 is 11.3. The lowest BCUT2D eigenvalue weighted by molar-refractivity contribution is 0.0696. The molecule has 0 radical (unpaired) electrons. The number of aromatic nitrogens is 1. The number of ether oxygens (including phenoxy) is 2. The van der Waals surface area contributed by atoms with E-state index in [9.17, 15) is 4.79 Å². The molecule has 1 N–H and O–H groups in total. The van der Waals surface area contributed by atoms with E-state index in [-0.39, 0.29) is 11.4 Å². The highest BCUT2D eigenvalue weighted by molar-refractivity contribution is 9.10. The first-order valence-electron chi connectivity index (χ1n) is 5.31. The summed E-state index contributed by atoms with van der Waals surface area (Å²) in [5, 5.41) is 8.96. The predicted octanol–water partition coefficient (Wildman–Crippen LogP) is 3.34. The molecule has 0 aliphatic heterocycles. The number of hydrogen-bond donors (Lipinski definition) is 1. The Balaban J connectivity index is 2.37. The number of carboxylic acids is 1. The van der Waals surface area contributed by atoms with Gasteiger partial charge < -0.3 is 14.6 Å². The average Bonchev–Trinajstić information content (AvgIpc) is 2.41. The van der Waals surface area contributed by atoms with Crippen LogP contribution in [0.4, 0.5) is 0 Å². The number of rotatable bonds is 4. The normalized spacial score (nSPS) is 10.0. The lowest BCUT2D eigenvalue weighted by Crippen LogP contribution is -1.98. The molecular weight excluding hydrogens is 314 g/mol. The summed E-state index contributed by atoms with van der Waals surface area (Å²) in [5.74, 6) is 0.0746. The van der Waals surface area contributed by atoms with Crippen molar-refractivity contribution in [2.45, 2.75) is 0 Å². The van der Waals surface area contributed by atoms with Gasteiger partial charge in [-0.2, -0.15) is 0 Å². The highest BCUT2D eigenvalue weighted by Crippen LogP contribution is 2.33. The van der Waals surface area contributed by atoms with Gasteiger partial charge in [0.05, 0.1) is 17.1 Å². The molecule has 2 rings (SSSR count). The molecule has 1 aromatic heterocycles. The Bertz CT molecular complexity index is 615. The van der Waals surface area contributed by atoms with Crippen molar-refractivity contribution in [1.29, 1.82) is 0 Å². The van der Waals surface area contributed by atoms with Crippen LogP contribution in [0.15, 0.2) is 41.0 Å². The van der Waals surface area contributed by atoms with Gasteiger partial charge in [0.2, 0.25) is 0 Å². The van der Waals surface area contributed by atoms with Crippen LogP contribution in [0, 0.1) is 0 Å². The quantitative estimate of drug-likeness (QED) is 0.934. The van der Waals surface area contributed by atoms with Crippen molar-refractivity contribution in [3.05, 3.63) is 46.6 Å². The molecule has 0 bridgehead atoms. The van der Waals surface area contributed by atoms with Crippen LogP contribution in [-0.2, 0) is 0 Å². The van der Waals surface area contributed by atoms with Crippen molar-refractivity contribution in [3.63, 3.8) is 0 Å². The molecule has 1 aromatic carbocycles. The van der Waals surface area contributed by atoms with Crippen LogP contribution >= 0.6 is 15.9 Å². The maximum absolute atomic E-state index is 10.9. The number of carboxylic acid groups (broad SMARTS) is 1. The Morgan fingerprint density at radius 2 is 2.11 bits per heavy atom. The maximum Gasteiger partial charge on any atom is 0.335 e. The summed E-state index contributed by atoms with van der Waals surface area (Å²) in [4.78, 5) is 15.0. The summed E-state index contributed by atoms with van der Waals surface area (Å²) >= 11 is 3.30. The minimum Gasteiger partial charge on any atom is -0.491 e. The standard InChI is InChI=1S/C13H10BrNO4/c1-18-10-3-2-6-15-12(10)19-11-7-8(13(16)17)4-5-9(11)14/h2-7H,1H3,(H,16,17). The van der Waals surface area contributed by atoms with Crippen molar-refractivity contribution < 1.29 is 19.4 Å². The second-order valence-corrected chi connectivity index (χ2v) is 4.42. The van der Waals surface area contributed by atoms with Gasteiger partial charge in [0.15, 0.2) is 5.75 Å². The van der Waals surface area contributed by atoms with Crippen LogP contribution in [0.3, 0.4) is 0 Å². The van der Waals surface area contributed by atoms with E-state index in [4.69, 9.17) is 14.6 Å². The molecule has 0 aliphatic rings. The van der Waals surface area contributed by atoms with Gasteiger partial charge >= 0.3 is 5.97 Å². The Hall–Kier alpha value is -2.08. The molecule has 5 nitrogen and oxygen atoms in total. The lowest BCUT2D eigenvalue weighted by Gasteiger charge is -2.10. The fourth-order valence-electron chi connectivity index (χ4n) is 1.43. The van der Waals surface area contributed by atoms with Gasteiger partial charge in [0.25, 0.3) is 5.88 Å². The minimum atomic E-state index is -1.02. The van der Waals surface area contributed by atoms with E-state index < -0.39 is 5.97 Å². The molecule has 0 saturated carbocycles.